The summed E-state index contributed by atoms with van der Waals surface area (Å²) in [6, 6.07) is 12.0. The van der Waals surface area contributed by atoms with Gasteiger partial charge >= 0.3 is 0 Å². The summed E-state index contributed by atoms with van der Waals surface area (Å²) in [7, 11) is 0. The first kappa shape index (κ1) is 15.4. The highest BCUT2D eigenvalue weighted by molar-refractivity contribution is 6.16. The van der Waals surface area contributed by atoms with Gasteiger partial charge in [-0.05, 0) is 44.2 Å². The average molecular weight is 333 g/mol. The minimum Gasteiger partial charge on any atom is -0.299 e. The number of hydrogen-bond donors (Lipinski definition) is 0. The molecule has 1 aromatic heterocycles. The molecule has 124 valence electrons. The number of nitrogens with zero attached hydrogens (tertiary/aromatic N) is 3. The monoisotopic (exact) mass is 333 g/mol. The van der Waals surface area contributed by atoms with Crippen LogP contribution in [0.15, 0.2) is 53.7 Å². The molecule has 0 atom stereocenters. The number of Topliss-reactive ketones (excluding diaryl/α,β-unsaturated/α-hetero) is 1. The van der Waals surface area contributed by atoms with Gasteiger partial charge in [-0.1, -0.05) is 12.1 Å². The number of aliphatic imine (C=N–C) groups is 1. The smallest absolute Gasteiger partial charge is 0.159 e. The van der Waals surface area contributed by atoms with Crippen LogP contribution < -0.4 is 0 Å². The molecule has 2 heterocycles. The van der Waals surface area contributed by atoms with Gasteiger partial charge in [0.25, 0.3) is 0 Å². The third kappa shape index (κ3) is 2.48. The van der Waals surface area contributed by atoms with Crippen molar-refractivity contribution in [3.63, 3.8) is 0 Å². The molecule has 25 heavy (non-hydrogen) atoms. The molecule has 0 radical (unpaired) electrons. The van der Waals surface area contributed by atoms with Crippen LogP contribution in [0.2, 0.25) is 0 Å². The van der Waals surface area contributed by atoms with E-state index in [0.717, 1.165) is 22.8 Å². The standard InChI is InChI=1S/C20H16FN3O/c1-12-10-22-19-11-23-20(15-5-3-4-6-17(15)21)16-9-14(13(2)25)7-8-18(16)24(12)19/h3-10H,11H2,1-2H3. The molecule has 0 unspecified atom stereocenters. The molecular weight excluding hydrogens is 317 g/mol. The molecule has 1 aliphatic rings. The fraction of sp³-hybridized carbons (Fsp3) is 0.150. The number of ketones is 1. The van der Waals surface area contributed by atoms with E-state index in [0.29, 0.717) is 23.4 Å². The Morgan fingerprint density at radius 1 is 1.16 bits per heavy atom. The van der Waals surface area contributed by atoms with Gasteiger partial charge in [0.2, 0.25) is 0 Å². The van der Waals surface area contributed by atoms with Gasteiger partial charge in [-0.15, -0.1) is 0 Å². The Hall–Kier alpha value is -3.08. The molecule has 0 bridgehead atoms. The van der Waals surface area contributed by atoms with Crippen LogP contribution in [0.5, 0.6) is 0 Å². The zero-order valence-electron chi connectivity index (χ0n) is 14.0. The number of fused-ring (bicyclic) bond motifs is 3. The number of carbonyl (C=O) groups is 1. The second-order valence-electron chi connectivity index (χ2n) is 6.08. The Morgan fingerprint density at radius 3 is 2.72 bits per heavy atom. The molecule has 0 spiro atoms. The van der Waals surface area contributed by atoms with Crippen molar-refractivity contribution in [2.45, 2.75) is 20.4 Å². The summed E-state index contributed by atoms with van der Waals surface area (Å²) in [6.07, 6.45) is 1.79. The highest BCUT2D eigenvalue weighted by Crippen LogP contribution is 2.28. The van der Waals surface area contributed by atoms with Gasteiger partial charge in [-0.3, -0.25) is 14.4 Å². The highest BCUT2D eigenvalue weighted by atomic mass is 19.1. The second-order valence-corrected chi connectivity index (χ2v) is 6.08. The third-order valence-corrected chi connectivity index (χ3v) is 4.42. The summed E-state index contributed by atoms with van der Waals surface area (Å²) in [5, 5.41) is 0. The summed E-state index contributed by atoms with van der Waals surface area (Å²) < 4.78 is 16.4. The normalized spacial score (nSPS) is 12.8. The van der Waals surface area contributed by atoms with Gasteiger partial charge in [0.1, 0.15) is 11.6 Å². The van der Waals surface area contributed by atoms with Crippen LogP contribution in [0, 0.1) is 12.7 Å². The van der Waals surface area contributed by atoms with Crippen LogP contribution in [0.1, 0.15) is 39.9 Å². The van der Waals surface area contributed by atoms with Crippen molar-refractivity contribution in [3.8, 4) is 5.69 Å². The number of carbonyl (C=O) groups excluding carboxylic acids is 1. The average Bonchev–Trinajstić information content (AvgIpc) is 2.88. The molecule has 4 rings (SSSR count). The molecule has 0 N–H and O–H groups in total. The Balaban J connectivity index is 2.03. The summed E-state index contributed by atoms with van der Waals surface area (Å²) in [5.41, 5.74) is 4.10. The third-order valence-electron chi connectivity index (χ3n) is 4.42. The fourth-order valence-corrected chi connectivity index (χ4v) is 3.19. The van der Waals surface area contributed by atoms with E-state index >= 15 is 0 Å². The highest BCUT2D eigenvalue weighted by Gasteiger charge is 2.23. The maximum atomic E-state index is 14.4. The van der Waals surface area contributed by atoms with Crippen molar-refractivity contribution < 1.29 is 9.18 Å². The molecular formula is C20H16FN3O. The molecule has 4 nitrogen and oxygen atoms in total. The first-order valence-electron chi connectivity index (χ1n) is 8.04. The largest absolute Gasteiger partial charge is 0.299 e. The summed E-state index contributed by atoms with van der Waals surface area (Å²) in [4.78, 5) is 20.9. The number of imidazole rings is 1. The maximum Gasteiger partial charge on any atom is 0.159 e. The van der Waals surface area contributed by atoms with Crippen LogP contribution >= 0.6 is 0 Å². The van der Waals surface area contributed by atoms with E-state index < -0.39 is 0 Å². The van der Waals surface area contributed by atoms with E-state index in [-0.39, 0.29) is 11.6 Å². The number of halogens is 1. The number of rotatable bonds is 2. The van der Waals surface area contributed by atoms with Crippen LogP contribution in [0.3, 0.4) is 0 Å². The lowest BCUT2D eigenvalue weighted by Crippen LogP contribution is -2.11. The second kappa shape index (κ2) is 5.77. The quantitative estimate of drug-likeness (QED) is 0.668. The van der Waals surface area contributed by atoms with Crippen LogP contribution in [0.4, 0.5) is 4.39 Å². The number of benzene rings is 2. The van der Waals surface area contributed by atoms with E-state index in [9.17, 15) is 9.18 Å². The van der Waals surface area contributed by atoms with Gasteiger partial charge in [-0.25, -0.2) is 9.37 Å². The zero-order valence-corrected chi connectivity index (χ0v) is 14.0. The predicted molar refractivity (Wildman–Crippen MR) is 94.0 cm³/mol. The van der Waals surface area contributed by atoms with Gasteiger partial charge in [0, 0.05) is 28.6 Å². The Kier molecular flexibility index (Phi) is 3.57. The molecule has 5 heteroatoms. The molecule has 0 aliphatic carbocycles. The molecule has 0 fully saturated rings. The van der Waals surface area contributed by atoms with E-state index in [1.165, 1.54) is 13.0 Å². The van der Waals surface area contributed by atoms with Gasteiger partial charge in [0.05, 0.1) is 17.9 Å². The van der Waals surface area contributed by atoms with Crippen molar-refractivity contribution in [1.29, 1.82) is 0 Å². The lowest BCUT2D eigenvalue weighted by molar-refractivity contribution is 0.101. The molecule has 0 saturated carbocycles. The SMILES string of the molecule is CC(=O)c1ccc2c(c1)C(c1ccccc1F)=NCc1ncc(C)n1-2. The van der Waals surface area contributed by atoms with Gasteiger partial charge in [0.15, 0.2) is 5.78 Å². The van der Waals surface area contributed by atoms with E-state index in [1.54, 1.807) is 36.5 Å². The van der Waals surface area contributed by atoms with Gasteiger partial charge < -0.3 is 0 Å². The molecule has 3 aromatic rings. The lowest BCUT2D eigenvalue weighted by Gasteiger charge is -2.14. The Bertz CT molecular complexity index is 1030. The van der Waals surface area contributed by atoms with E-state index in [1.807, 2.05) is 17.6 Å². The summed E-state index contributed by atoms with van der Waals surface area (Å²) in [6.45, 7) is 3.83. The first-order chi connectivity index (χ1) is 12.1. The van der Waals surface area contributed by atoms with Crippen LogP contribution in [0.25, 0.3) is 5.69 Å². The van der Waals surface area contributed by atoms with Crippen LogP contribution in [-0.4, -0.2) is 21.0 Å². The fourth-order valence-electron chi connectivity index (χ4n) is 3.19. The molecule has 0 amide bonds. The van der Waals surface area contributed by atoms with Crippen molar-refractivity contribution >= 4 is 11.5 Å². The van der Waals surface area contributed by atoms with Crippen molar-refractivity contribution in [3.05, 3.63) is 82.7 Å². The van der Waals surface area contributed by atoms with E-state index in [4.69, 9.17) is 0 Å². The molecule has 2 aromatic carbocycles. The minimum absolute atomic E-state index is 0.0393. The zero-order chi connectivity index (χ0) is 17.6. The molecule has 1 aliphatic heterocycles. The van der Waals surface area contributed by atoms with Crippen LogP contribution in [-0.2, 0) is 6.54 Å². The minimum atomic E-state index is -0.336. The Morgan fingerprint density at radius 2 is 1.96 bits per heavy atom. The summed E-state index contributed by atoms with van der Waals surface area (Å²) in [5.74, 6) is 0.417. The summed E-state index contributed by atoms with van der Waals surface area (Å²) >= 11 is 0. The number of aryl methyl sites for hydroxylation is 1. The molecule has 0 saturated heterocycles. The van der Waals surface area contributed by atoms with E-state index in [2.05, 4.69) is 9.98 Å². The number of hydrogen-bond acceptors (Lipinski definition) is 3. The Labute approximate surface area is 144 Å². The van der Waals surface area contributed by atoms with Gasteiger partial charge in [-0.2, -0.15) is 0 Å². The van der Waals surface area contributed by atoms with Crippen molar-refractivity contribution in [1.82, 2.24) is 9.55 Å². The lowest BCUT2D eigenvalue weighted by atomic mass is 9.97. The maximum absolute atomic E-state index is 14.4. The predicted octanol–water partition coefficient (Wildman–Crippen LogP) is 3.87. The topological polar surface area (TPSA) is 47.2 Å². The first-order valence-corrected chi connectivity index (χ1v) is 8.04. The van der Waals surface area contributed by atoms with Crippen molar-refractivity contribution in [2.75, 3.05) is 0 Å². The van der Waals surface area contributed by atoms with Crippen molar-refractivity contribution in [2.24, 2.45) is 4.99 Å². The number of aromatic nitrogens is 2.